The Morgan fingerprint density at radius 2 is 1.65 bits per heavy atom. The maximum Gasteiger partial charge on any atom is 0.328 e. The number of carboxylic acid groups (broad SMARTS) is 1. The van der Waals surface area contributed by atoms with Crippen molar-refractivity contribution in [3.8, 4) is 11.5 Å². The molecule has 0 bridgehead atoms. The van der Waals surface area contributed by atoms with Crippen LogP contribution in [0.15, 0.2) is 48.5 Å². The molecular formula is C19H20O4. The number of carboxylic acids is 1. The molecule has 0 heterocycles. The minimum absolute atomic E-state index is 0.381. The Morgan fingerprint density at radius 1 is 1.00 bits per heavy atom. The first-order valence-corrected chi connectivity index (χ1v) is 7.40. The van der Waals surface area contributed by atoms with E-state index in [1.807, 2.05) is 44.2 Å². The monoisotopic (exact) mass is 312 g/mol. The molecule has 120 valence electrons. The number of para-hydroxylation sites is 2. The van der Waals surface area contributed by atoms with E-state index in [-0.39, 0.29) is 0 Å². The van der Waals surface area contributed by atoms with Crippen LogP contribution in [0.3, 0.4) is 0 Å². The molecule has 0 saturated carbocycles. The topological polar surface area (TPSA) is 55.8 Å². The van der Waals surface area contributed by atoms with Gasteiger partial charge < -0.3 is 14.6 Å². The molecule has 2 aromatic rings. The van der Waals surface area contributed by atoms with Crippen molar-refractivity contribution in [3.05, 3.63) is 65.2 Å². The van der Waals surface area contributed by atoms with Crippen molar-refractivity contribution in [1.29, 1.82) is 0 Å². The normalized spacial score (nSPS) is 10.7. The van der Waals surface area contributed by atoms with Gasteiger partial charge in [0, 0.05) is 11.6 Å². The second-order valence-corrected chi connectivity index (χ2v) is 5.13. The van der Waals surface area contributed by atoms with Gasteiger partial charge in [0.25, 0.3) is 0 Å². The number of aliphatic carboxylic acids is 1. The van der Waals surface area contributed by atoms with Crippen LogP contribution in [0.2, 0.25) is 0 Å². The van der Waals surface area contributed by atoms with Gasteiger partial charge in [-0.2, -0.15) is 0 Å². The minimum Gasteiger partial charge on any atom is -0.489 e. The highest BCUT2D eigenvalue weighted by Crippen LogP contribution is 2.23. The Labute approximate surface area is 136 Å². The summed E-state index contributed by atoms with van der Waals surface area (Å²) in [7, 11) is 0. The lowest BCUT2D eigenvalue weighted by Gasteiger charge is -2.13. The molecule has 4 heteroatoms. The van der Waals surface area contributed by atoms with E-state index in [1.54, 1.807) is 12.1 Å². The SMILES string of the molecule is Cc1cccc(C)c1OCCOc1ccccc1C=CC(=O)O. The van der Waals surface area contributed by atoms with Crippen molar-refractivity contribution in [1.82, 2.24) is 0 Å². The van der Waals surface area contributed by atoms with E-state index >= 15 is 0 Å². The molecule has 0 radical (unpaired) electrons. The van der Waals surface area contributed by atoms with Crippen molar-refractivity contribution in [2.45, 2.75) is 13.8 Å². The van der Waals surface area contributed by atoms with Crippen molar-refractivity contribution >= 4 is 12.0 Å². The summed E-state index contributed by atoms with van der Waals surface area (Å²) in [6.07, 6.45) is 2.61. The summed E-state index contributed by atoms with van der Waals surface area (Å²) in [5.41, 5.74) is 2.91. The molecule has 0 unspecified atom stereocenters. The first-order valence-electron chi connectivity index (χ1n) is 7.40. The van der Waals surface area contributed by atoms with E-state index in [0.717, 1.165) is 28.5 Å². The standard InChI is InChI=1S/C19H20O4/c1-14-6-5-7-15(2)19(14)23-13-12-22-17-9-4-3-8-16(17)10-11-18(20)21/h3-11H,12-13H2,1-2H3,(H,20,21). The fourth-order valence-electron chi connectivity index (χ4n) is 2.23. The van der Waals surface area contributed by atoms with Crippen LogP contribution in [-0.2, 0) is 4.79 Å². The third kappa shape index (κ3) is 4.88. The number of ether oxygens (including phenoxy) is 2. The van der Waals surface area contributed by atoms with E-state index in [1.165, 1.54) is 6.08 Å². The van der Waals surface area contributed by atoms with Crippen LogP contribution in [0.4, 0.5) is 0 Å². The summed E-state index contributed by atoms with van der Waals surface area (Å²) >= 11 is 0. The van der Waals surface area contributed by atoms with Gasteiger partial charge in [0.1, 0.15) is 24.7 Å². The molecule has 1 N–H and O–H groups in total. The van der Waals surface area contributed by atoms with Crippen LogP contribution in [0, 0.1) is 13.8 Å². The van der Waals surface area contributed by atoms with E-state index in [4.69, 9.17) is 14.6 Å². The molecule has 0 fully saturated rings. The molecule has 0 saturated heterocycles. The van der Waals surface area contributed by atoms with Crippen molar-refractivity contribution in [2.24, 2.45) is 0 Å². The summed E-state index contributed by atoms with van der Waals surface area (Å²) in [6, 6.07) is 13.3. The number of aryl methyl sites for hydroxylation is 2. The van der Waals surface area contributed by atoms with Crippen LogP contribution in [-0.4, -0.2) is 24.3 Å². The number of hydrogen-bond acceptors (Lipinski definition) is 3. The van der Waals surface area contributed by atoms with Gasteiger partial charge in [0.15, 0.2) is 0 Å². The zero-order valence-corrected chi connectivity index (χ0v) is 13.3. The Morgan fingerprint density at radius 3 is 2.35 bits per heavy atom. The molecule has 4 nitrogen and oxygen atoms in total. The van der Waals surface area contributed by atoms with Gasteiger partial charge in [0.05, 0.1) is 0 Å². The average Bonchev–Trinajstić information content (AvgIpc) is 2.52. The second kappa shape index (κ2) is 8.03. The Hall–Kier alpha value is -2.75. The first-order chi connectivity index (χ1) is 11.1. The van der Waals surface area contributed by atoms with Gasteiger partial charge >= 0.3 is 5.97 Å². The molecule has 0 aliphatic heterocycles. The highest BCUT2D eigenvalue weighted by atomic mass is 16.5. The predicted octanol–water partition coefficient (Wildman–Crippen LogP) is 3.86. The molecule has 0 spiro atoms. The highest BCUT2D eigenvalue weighted by Gasteiger charge is 2.04. The molecule has 0 atom stereocenters. The van der Waals surface area contributed by atoms with Gasteiger partial charge in [-0.05, 0) is 37.1 Å². The number of benzene rings is 2. The third-order valence-electron chi connectivity index (χ3n) is 3.32. The largest absolute Gasteiger partial charge is 0.489 e. The molecule has 2 rings (SSSR count). The van der Waals surface area contributed by atoms with Gasteiger partial charge in [-0.3, -0.25) is 0 Å². The van der Waals surface area contributed by atoms with Crippen molar-refractivity contribution < 1.29 is 19.4 Å². The fourth-order valence-corrected chi connectivity index (χ4v) is 2.23. The van der Waals surface area contributed by atoms with Gasteiger partial charge in [-0.25, -0.2) is 4.79 Å². The molecule has 0 aromatic heterocycles. The summed E-state index contributed by atoms with van der Waals surface area (Å²) in [6.45, 7) is 4.82. The first kappa shape index (κ1) is 16.6. The van der Waals surface area contributed by atoms with Gasteiger partial charge in [0.2, 0.25) is 0 Å². The molecule has 0 aliphatic carbocycles. The summed E-state index contributed by atoms with van der Waals surface area (Å²) in [4.78, 5) is 10.6. The lowest BCUT2D eigenvalue weighted by Crippen LogP contribution is -2.10. The number of carbonyl (C=O) groups is 1. The third-order valence-corrected chi connectivity index (χ3v) is 3.32. The Bertz CT molecular complexity index is 684. The van der Waals surface area contributed by atoms with E-state index in [0.29, 0.717) is 19.0 Å². The van der Waals surface area contributed by atoms with E-state index in [2.05, 4.69) is 0 Å². The summed E-state index contributed by atoms with van der Waals surface area (Å²) in [5.74, 6) is 0.531. The van der Waals surface area contributed by atoms with E-state index < -0.39 is 5.97 Å². The van der Waals surface area contributed by atoms with Crippen LogP contribution in [0.25, 0.3) is 6.08 Å². The smallest absolute Gasteiger partial charge is 0.328 e. The number of hydrogen-bond donors (Lipinski definition) is 1. The quantitative estimate of drug-likeness (QED) is 0.623. The predicted molar refractivity (Wildman–Crippen MR) is 90.0 cm³/mol. The average molecular weight is 312 g/mol. The lowest BCUT2D eigenvalue weighted by molar-refractivity contribution is -0.131. The summed E-state index contributed by atoms with van der Waals surface area (Å²) in [5, 5.41) is 8.71. The van der Waals surface area contributed by atoms with Crippen LogP contribution in [0.5, 0.6) is 11.5 Å². The zero-order valence-electron chi connectivity index (χ0n) is 13.3. The van der Waals surface area contributed by atoms with Crippen LogP contribution < -0.4 is 9.47 Å². The van der Waals surface area contributed by atoms with Crippen LogP contribution in [0.1, 0.15) is 16.7 Å². The molecule has 23 heavy (non-hydrogen) atoms. The molecular weight excluding hydrogens is 292 g/mol. The molecule has 2 aromatic carbocycles. The van der Waals surface area contributed by atoms with Crippen molar-refractivity contribution in [3.63, 3.8) is 0 Å². The fraction of sp³-hybridized carbons (Fsp3) is 0.211. The van der Waals surface area contributed by atoms with Crippen LogP contribution >= 0.6 is 0 Å². The van der Waals surface area contributed by atoms with Crippen molar-refractivity contribution in [2.75, 3.05) is 13.2 Å². The molecule has 0 aliphatic rings. The Kier molecular flexibility index (Phi) is 5.80. The van der Waals surface area contributed by atoms with E-state index in [9.17, 15) is 4.79 Å². The van der Waals surface area contributed by atoms with Gasteiger partial charge in [-0.1, -0.05) is 36.4 Å². The summed E-state index contributed by atoms with van der Waals surface area (Å²) < 4.78 is 11.5. The maximum absolute atomic E-state index is 10.6. The zero-order chi connectivity index (χ0) is 16.7. The Balaban J connectivity index is 1.93. The minimum atomic E-state index is -0.988. The van der Waals surface area contributed by atoms with Gasteiger partial charge in [-0.15, -0.1) is 0 Å². The molecule has 0 amide bonds. The maximum atomic E-state index is 10.6. The second-order valence-electron chi connectivity index (χ2n) is 5.13. The number of rotatable bonds is 7. The highest BCUT2D eigenvalue weighted by molar-refractivity contribution is 5.85. The lowest BCUT2D eigenvalue weighted by atomic mass is 10.1.